The molecule has 0 aliphatic carbocycles. The van der Waals surface area contributed by atoms with Gasteiger partial charge in [-0.1, -0.05) is 15.9 Å². The van der Waals surface area contributed by atoms with Crippen molar-refractivity contribution >= 4 is 31.9 Å². The number of sulfonamides is 1. The molecule has 1 aromatic carbocycles. The van der Waals surface area contributed by atoms with Crippen LogP contribution in [-0.2, 0) is 14.8 Å². The van der Waals surface area contributed by atoms with Gasteiger partial charge in [0.25, 0.3) is 0 Å². The van der Waals surface area contributed by atoms with Crippen LogP contribution in [0.5, 0.6) is 0 Å². The van der Waals surface area contributed by atoms with Crippen LogP contribution in [-0.4, -0.2) is 37.4 Å². The lowest BCUT2D eigenvalue weighted by Crippen LogP contribution is -2.29. The van der Waals surface area contributed by atoms with E-state index >= 15 is 0 Å². The summed E-state index contributed by atoms with van der Waals surface area (Å²) in [5, 5.41) is 17.5. The highest BCUT2D eigenvalue weighted by molar-refractivity contribution is 9.10. The smallest absolute Gasteiger partial charge is 0.304 e. The van der Waals surface area contributed by atoms with Crippen molar-refractivity contribution in [2.45, 2.75) is 11.3 Å². The monoisotopic (exact) mass is 346 g/mol. The Bertz CT molecular complexity index is 637. The number of carboxylic acids is 1. The van der Waals surface area contributed by atoms with Gasteiger partial charge >= 0.3 is 5.97 Å². The van der Waals surface area contributed by atoms with E-state index in [0.29, 0.717) is 4.47 Å². The third-order valence-corrected chi connectivity index (χ3v) is 4.78. The predicted octanol–water partition coefficient (Wildman–Crippen LogP) is 1.42. The standard InChI is InChI=1S/C11H11BrN2O4S/c1-14(5-4-11(15)16)19(17,18)10-6-9(12)3-2-8(10)7-13/h2-3,6H,4-5H2,1H3,(H,15,16). The van der Waals surface area contributed by atoms with Gasteiger partial charge in [-0.3, -0.25) is 4.79 Å². The van der Waals surface area contributed by atoms with E-state index in [9.17, 15) is 13.2 Å². The summed E-state index contributed by atoms with van der Waals surface area (Å²) in [6, 6.07) is 6.09. The molecule has 0 radical (unpaired) electrons. The average molecular weight is 347 g/mol. The van der Waals surface area contributed by atoms with Crippen LogP contribution in [0.25, 0.3) is 0 Å². The molecule has 0 aromatic heterocycles. The largest absolute Gasteiger partial charge is 0.481 e. The van der Waals surface area contributed by atoms with Crippen LogP contribution in [0.15, 0.2) is 27.6 Å². The fourth-order valence-electron chi connectivity index (χ4n) is 1.34. The van der Waals surface area contributed by atoms with E-state index in [1.165, 1.54) is 19.2 Å². The molecule has 19 heavy (non-hydrogen) atoms. The summed E-state index contributed by atoms with van der Waals surface area (Å²) in [6.45, 7) is -0.158. The molecule has 0 bridgehead atoms. The van der Waals surface area contributed by atoms with Gasteiger partial charge in [-0.2, -0.15) is 5.26 Å². The molecule has 6 nitrogen and oxygen atoms in total. The first-order chi connectivity index (χ1) is 8.78. The molecule has 0 atom stereocenters. The van der Waals surface area contributed by atoms with Crippen molar-refractivity contribution in [3.05, 3.63) is 28.2 Å². The second kappa shape index (κ2) is 6.14. The van der Waals surface area contributed by atoms with Gasteiger partial charge in [-0.05, 0) is 18.2 Å². The fraction of sp³-hybridized carbons (Fsp3) is 0.273. The number of nitrogens with zero attached hydrogens (tertiary/aromatic N) is 2. The molecule has 0 amide bonds. The molecule has 0 aliphatic rings. The molecule has 0 unspecified atom stereocenters. The van der Waals surface area contributed by atoms with Crippen LogP contribution < -0.4 is 0 Å². The summed E-state index contributed by atoms with van der Waals surface area (Å²) >= 11 is 3.14. The van der Waals surface area contributed by atoms with Gasteiger partial charge in [-0.25, -0.2) is 12.7 Å². The van der Waals surface area contributed by atoms with Crippen molar-refractivity contribution in [2.75, 3.05) is 13.6 Å². The number of halogens is 1. The van der Waals surface area contributed by atoms with Crippen LogP contribution in [0, 0.1) is 11.3 Å². The van der Waals surface area contributed by atoms with E-state index in [2.05, 4.69) is 15.9 Å². The fourth-order valence-corrected chi connectivity index (χ4v) is 3.19. The number of aliphatic carboxylic acids is 1. The molecule has 1 rings (SSSR count). The molecule has 0 aliphatic heterocycles. The van der Waals surface area contributed by atoms with Crippen molar-refractivity contribution in [2.24, 2.45) is 0 Å². The van der Waals surface area contributed by atoms with Crippen molar-refractivity contribution in [3.63, 3.8) is 0 Å². The summed E-state index contributed by atoms with van der Waals surface area (Å²) in [5.74, 6) is -1.09. The molecular weight excluding hydrogens is 336 g/mol. The van der Waals surface area contributed by atoms with Gasteiger partial charge in [0.15, 0.2) is 0 Å². The van der Waals surface area contributed by atoms with E-state index in [1.54, 1.807) is 12.1 Å². The average Bonchev–Trinajstić information content (AvgIpc) is 2.35. The Morgan fingerprint density at radius 2 is 2.16 bits per heavy atom. The van der Waals surface area contributed by atoms with Gasteiger partial charge in [0.1, 0.15) is 11.0 Å². The number of carbonyl (C=O) groups is 1. The van der Waals surface area contributed by atoms with Crippen molar-refractivity contribution in [1.29, 1.82) is 5.26 Å². The number of rotatable bonds is 5. The van der Waals surface area contributed by atoms with Gasteiger partial charge in [0, 0.05) is 18.1 Å². The van der Waals surface area contributed by atoms with Crippen molar-refractivity contribution in [3.8, 4) is 6.07 Å². The molecule has 1 N–H and O–H groups in total. The minimum Gasteiger partial charge on any atom is -0.481 e. The predicted molar refractivity (Wildman–Crippen MR) is 70.9 cm³/mol. The van der Waals surface area contributed by atoms with Gasteiger partial charge < -0.3 is 5.11 Å². The summed E-state index contributed by atoms with van der Waals surface area (Å²) < 4.78 is 25.9. The van der Waals surface area contributed by atoms with Crippen LogP contribution in [0.1, 0.15) is 12.0 Å². The SMILES string of the molecule is CN(CCC(=O)O)S(=O)(=O)c1cc(Br)ccc1C#N. The number of nitriles is 1. The van der Waals surface area contributed by atoms with Crippen LogP contribution in [0.2, 0.25) is 0 Å². The molecule has 1 aromatic rings. The minimum absolute atomic E-state index is 0.0189. The Hall–Kier alpha value is -1.43. The third kappa shape index (κ3) is 3.76. The van der Waals surface area contributed by atoms with Crippen LogP contribution >= 0.6 is 15.9 Å². The highest BCUT2D eigenvalue weighted by atomic mass is 79.9. The maximum absolute atomic E-state index is 12.2. The second-order valence-corrected chi connectivity index (χ2v) is 6.65. The maximum atomic E-state index is 12.2. The minimum atomic E-state index is -3.88. The number of benzene rings is 1. The molecule has 0 saturated carbocycles. The molecule has 0 fully saturated rings. The molecular formula is C11H11BrN2O4S. The van der Waals surface area contributed by atoms with E-state index in [-0.39, 0.29) is 23.4 Å². The number of hydrogen-bond donors (Lipinski definition) is 1. The van der Waals surface area contributed by atoms with E-state index in [4.69, 9.17) is 10.4 Å². The molecule has 0 saturated heterocycles. The lowest BCUT2D eigenvalue weighted by molar-refractivity contribution is -0.137. The van der Waals surface area contributed by atoms with Gasteiger partial charge in [-0.15, -0.1) is 0 Å². The highest BCUT2D eigenvalue weighted by Gasteiger charge is 2.24. The molecule has 102 valence electrons. The zero-order chi connectivity index (χ0) is 14.6. The maximum Gasteiger partial charge on any atom is 0.304 e. The quantitative estimate of drug-likeness (QED) is 0.868. The Morgan fingerprint density at radius 1 is 1.53 bits per heavy atom. The first kappa shape index (κ1) is 15.6. The Labute approximate surface area is 119 Å². The zero-order valence-corrected chi connectivity index (χ0v) is 12.4. The van der Waals surface area contributed by atoms with Gasteiger partial charge in [0.2, 0.25) is 10.0 Å². The third-order valence-electron chi connectivity index (χ3n) is 2.39. The van der Waals surface area contributed by atoms with Gasteiger partial charge in [0.05, 0.1) is 12.0 Å². The molecule has 0 heterocycles. The van der Waals surface area contributed by atoms with E-state index < -0.39 is 16.0 Å². The van der Waals surface area contributed by atoms with Crippen molar-refractivity contribution in [1.82, 2.24) is 4.31 Å². The van der Waals surface area contributed by atoms with Crippen LogP contribution in [0.3, 0.4) is 0 Å². The first-order valence-corrected chi connectivity index (χ1v) is 7.40. The zero-order valence-electron chi connectivity index (χ0n) is 10.00. The topological polar surface area (TPSA) is 98.5 Å². The Balaban J connectivity index is 3.17. The normalized spacial score (nSPS) is 11.3. The highest BCUT2D eigenvalue weighted by Crippen LogP contribution is 2.23. The number of carboxylic acid groups (broad SMARTS) is 1. The molecule has 0 spiro atoms. The van der Waals surface area contributed by atoms with Crippen molar-refractivity contribution < 1.29 is 18.3 Å². The number of hydrogen-bond acceptors (Lipinski definition) is 4. The van der Waals surface area contributed by atoms with Crippen LogP contribution in [0.4, 0.5) is 0 Å². The summed E-state index contributed by atoms with van der Waals surface area (Å²) in [5.41, 5.74) is 0.0189. The second-order valence-electron chi connectivity index (χ2n) is 3.72. The summed E-state index contributed by atoms with van der Waals surface area (Å²) in [7, 11) is -2.60. The van der Waals surface area contributed by atoms with E-state index in [0.717, 1.165) is 4.31 Å². The molecule has 8 heteroatoms. The lowest BCUT2D eigenvalue weighted by Gasteiger charge is -2.17. The first-order valence-electron chi connectivity index (χ1n) is 5.17. The van der Waals surface area contributed by atoms with E-state index in [1.807, 2.05) is 0 Å². The Kier molecular flexibility index (Phi) is 5.05. The lowest BCUT2D eigenvalue weighted by atomic mass is 10.2. The summed E-state index contributed by atoms with van der Waals surface area (Å²) in [6.07, 6.45) is -0.300. The Morgan fingerprint density at radius 3 is 2.68 bits per heavy atom. The summed E-state index contributed by atoms with van der Waals surface area (Å²) in [4.78, 5) is 10.3.